The van der Waals surface area contributed by atoms with Crippen LogP contribution in [0.1, 0.15) is 55.3 Å². The van der Waals surface area contributed by atoms with Crippen molar-refractivity contribution in [3.8, 4) is 0 Å². The molecule has 1 saturated heterocycles. The van der Waals surface area contributed by atoms with Crippen LogP contribution in [0.2, 0.25) is 0 Å². The van der Waals surface area contributed by atoms with E-state index in [-0.39, 0.29) is 17.8 Å². The van der Waals surface area contributed by atoms with Gasteiger partial charge in [0.2, 0.25) is 0 Å². The Morgan fingerprint density at radius 3 is 2.74 bits per heavy atom. The molecule has 1 unspecified atom stereocenters. The summed E-state index contributed by atoms with van der Waals surface area (Å²) in [5.41, 5.74) is 1.09. The molecule has 0 aromatic heterocycles. The number of methoxy groups -OCH3 is 1. The summed E-state index contributed by atoms with van der Waals surface area (Å²) in [4.78, 5) is 35.3. The summed E-state index contributed by atoms with van der Waals surface area (Å²) in [5.74, 6) is -0.524. The summed E-state index contributed by atoms with van der Waals surface area (Å²) in [6.45, 7) is 1.19. The second kappa shape index (κ2) is 11.3. The molecule has 1 fully saturated rings. The number of nitrogens with one attached hydrogen (secondary N) is 2. The van der Waals surface area contributed by atoms with Gasteiger partial charge in [-0.25, -0.2) is 0 Å². The first kappa shape index (κ1) is 20.9. The number of hydrogen-bond acceptors (Lipinski definition) is 5. The summed E-state index contributed by atoms with van der Waals surface area (Å²) >= 11 is 0. The zero-order chi connectivity index (χ0) is 19.5. The Morgan fingerprint density at radius 1 is 1.19 bits per heavy atom. The molecule has 0 spiro atoms. The summed E-state index contributed by atoms with van der Waals surface area (Å²) in [5, 5.41) is 5.68. The number of amides is 2. The van der Waals surface area contributed by atoms with Crippen LogP contribution in [0.15, 0.2) is 24.3 Å². The fraction of sp³-hybridized carbons (Fsp3) is 0.550. The third-order valence-corrected chi connectivity index (χ3v) is 4.44. The fourth-order valence-electron chi connectivity index (χ4n) is 2.90. The van der Waals surface area contributed by atoms with E-state index >= 15 is 0 Å². The first-order valence-corrected chi connectivity index (χ1v) is 9.47. The average Bonchev–Trinajstić information content (AvgIpc) is 3.22. The number of carbonyl (C=O) groups is 3. The lowest BCUT2D eigenvalue weighted by Crippen LogP contribution is -2.27. The van der Waals surface area contributed by atoms with Crippen molar-refractivity contribution in [2.24, 2.45) is 0 Å². The molecule has 2 rings (SSSR count). The molecule has 0 radical (unpaired) electrons. The Hall–Kier alpha value is -2.41. The lowest BCUT2D eigenvalue weighted by atomic mass is 10.1. The molecule has 2 amide bonds. The standard InChI is InChI=1S/C20H28N2O5/c1-26-18(23)11-4-2-3-5-12-21-19(24)15-8-6-9-16(14-15)22-20(25)17-10-7-13-27-17/h6,8-9,14,17H,2-5,7,10-13H2,1H3,(H,21,24)(H,22,25). The van der Waals surface area contributed by atoms with Gasteiger partial charge in [-0.3, -0.25) is 14.4 Å². The number of rotatable bonds is 10. The summed E-state index contributed by atoms with van der Waals surface area (Å²) in [7, 11) is 1.39. The smallest absolute Gasteiger partial charge is 0.305 e. The maximum atomic E-state index is 12.2. The summed E-state index contributed by atoms with van der Waals surface area (Å²) < 4.78 is 9.95. The predicted octanol–water partition coefficient (Wildman–Crippen LogP) is 2.66. The lowest BCUT2D eigenvalue weighted by molar-refractivity contribution is -0.140. The van der Waals surface area contributed by atoms with Gasteiger partial charge < -0.3 is 20.1 Å². The molecule has 0 bridgehead atoms. The van der Waals surface area contributed by atoms with E-state index in [0.29, 0.717) is 30.8 Å². The van der Waals surface area contributed by atoms with E-state index in [1.807, 2.05) is 0 Å². The van der Waals surface area contributed by atoms with Crippen molar-refractivity contribution in [2.45, 2.75) is 51.0 Å². The molecule has 148 valence electrons. The average molecular weight is 376 g/mol. The highest BCUT2D eigenvalue weighted by molar-refractivity contribution is 5.98. The van der Waals surface area contributed by atoms with E-state index in [0.717, 1.165) is 38.5 Å². The maximum absolute atomic E-state index is 12.2. The van der Waals surface area contributed by atoms with Crippen molar-refractivity contribution >= 4 is 23.5 Å². The van der Waals surface area contributed by atoms with Crippen molar-refractivity contribution in [2.75, 3.05) is 25.6 Å². The number of carbonyl (C=O) groups excluding carboxylic acids is 3. The van der Waals surface area contributed by atoms with Crippen molar-refractivity contribution in [1.29, 1.82) is 0 Å². The molecular formula is C20H28N2O5. The van der Waals surface area contributed by atoms with Crippen LogP contribution < -0.4 is 10.6 Å². The molecule has 27 heavy (non-hydrogen) atoms. The quantitative estimate of drug-likeness (QED) is 0.484. The van der Waals surface area contributed by atoms with Gasteiger partial charge in [-0.15, -0.1) is 0 Å². The van der Waals surface area contributed by atoms with Crippen LogP contribution in [0, 0.1) is 0 Å². The van der Waals surface area contributed by atoms with Gasteiger partial charge in [0, 0.05) is 30.8 Å². The third-order valence-electron chi connectivity index (χ3n) is 4.44. The van der Waals surface area contributed by atoms with E-state index in [2.05, 4.69) is 15.4 Å². The largest absolute Gasteiger partial charge is 0.469 e. The van der Waals surface area contributed by atoms with Crippen molar-refractivity contribution in [3.05, 3.63) is 29.8 Å². The summed E-state index contributed by atoms with van der Waals surface area (Å²) in [6.07, 6.45) is 5.17. The minimum absolute atomic E-state index is 0.169. The first-order chi connectivity index (χ1) is 13.1. The highest BCUT2D eigenvalue weighted by atomic mass is 16.5. The molecular weight excluding hydrogens is 348 g/mol. The van der Waals surface area contributed by atoms with Gasteiger partial charge in [0.1, 0.15) is 6.10 Å². The van der Waals surface area contributed by atoms with Crippen LogP contribution in [0.5, 0.6) is 0 Å². The first-order valence-electron chi connectivity index (χ1n) is 9.47. The molecule has 7 heteroatoms. The zero-order valence-electron chi connectivity index (χ0n) is 15.8. The van der Waals surface area contributed by atoms with Crippen LogP contribution in [0.3, 0.4) is 0 Å². The number of anilines is 1. The van der Waals surface area contributed by atoms with Gasteiger partial charge in [0.25, 0.3) is 11.8 Å². The molecule has 1 aliphatic rings. The summed E-state index contributed by atoms with van der Waals surface area (Å²) in [6, 6.07) is 6.88. The van der Waals surface area contributed by atoms with Gasteiger partial charge >= 0.3 is 5.97 Å². The predicted molar refractivity (Wildman–Crippen MR) is 101 cm³/mol. The molecule has 1 aromatic rings. The Kier molecular flexibility index (Phi) is 8.77. The van der Waals surface area contributed by atoms with Crippen molar-refractivity contribution in [3.63, 3.8) is 0 Å². The minimum Gasteiger partial charge on any atom is -0.469 e. The van der Waals surface area contributed by atoms with E-state index in [4.69, 9.17) is 4.74 Å². The van der Waals surface area contributed by atoms with E-state index in [9.17, 15) is 14.4 Å². The van der Waals surface area contributed by atoms with Crippen molar-refractivity contribution < 1.29 is 23.9 Å². The molecule has 0 saturated carbocycles. The van der Waals surface area contributed by atoms with Crippen LogP contribution >= 0.6 is 0 Å². The zero-order valence-corrected chi connectivity index (χ0v) is 15.8. The number of ether oxygens (including phenoxy) is 2. The molecule has 1 atom stereocenters. The van der Waals surface area contributed by atoms with Gasteiger partial charge in [-0.2, -0.15) is 0 Å². The van der Waals surface area contributed by atoms with Crippen LogP contribution in [-0.2, 0) is 19.1 Å². The maximum Gasteiger partial charge on any atom is 0.305 e. The van der Waals surface area contributed by atoms with Crippen LogP contribution in [0.25, 0.3) is 0 Å². The highest BCUT2D eigenvalue weighted by Gasteiger charge is 2.23. The minimum atomic E-state index is -0.401. The number of benzene rings is 1. The SMILES string of the molecule is COC(=O)CCCCCCNC(=O)c1cccc(NC(=O)C2CCCO2)c1. The molecule has 1 aromatic carbocycles. The second-order valence-corrected chi connectivity index (χ2v) is 6.57. The molecule has 1 heterocycles. The van der Waals surface area contributed by atoms with Crippen LogP contribution in [-0.4, -0.2) is 44.1 Å². The Labute approximate surface area is 159 Å². The molecule has 0 aliphatic carbocycles. The Balaban J connectivity index is 1.68. The fourth-order valence-corrected chi connectivity index (χ4v) is 2.90. The molecule has 2 N–H and O–H groups in total. The van der Waals surface area contributed by atoms with E-state index in [1.54, 1.807) is 24.3 Å². The number of esters is 1. The van der Waals surface area contributed by atoms with Crippen LogP contribution in [0.4, 0.5) is 5.69 Å². The van der Waals surface area contributed by atoms with Crippen molar-refractivity contribution in [1.82, 2.24) is 5.32 Å². The molecule has 1 aliphatic heterocycles. The lowest BCUT2D eigenvalue weighted by Gasteiger charge is -2.11. The Morgan fingerprint density at radius 2 is 2.00 bits per heavy atom. The topological polar surface area (TPSA) is 93.7 Å². The second-order valence-electron chi connectivity index (χ2n) is 6.57. The highest BCUT2D eigenvalue weighted by Crippen LogP contribution is 2.16. The van der Waals surface area contributed by atoms with Gasteiger partial charge in [-0.1, -0.05) is 18.9 Å². The normalized spacial score (nSPS) is 16.0. The Bertz CT molecular complexity index is 641. The van der Waals surface area contributed by atoms with Gasteiger partial charge in [0.05, 0.1) is 7.11 Å². The van der Waals surface area contributed by atoms with E-state index in [1.165, 1.54) is 7.11 Å². The number of unbranched alkanes of at least 4 members (excludes halogenated alkanes) is 3. The van der Waals surface area contributed by atoms with E-state index < -0.39 is 6.10 Å². The van der Waals surface area contributed by atoms with Gasteiger partial charge in [-0.05, 0) is 43.9 Å². The number of hydrogen-bond donors (Lipinski definition) is 2. The van der Waals surface area contributed by atoms with Gasteiger partial charge in [0.15, 0.2) is 0 Å². The third kappa shape index (κ3) is 7.38. The monoisotopic (exact) mass is 376 g/mol. The molecule has 7 nitrogen and oxygen atoms in total.